The van der Waals surface area contributed by atoms with E-state index in [0.717, 1.165) is 5.69 Å². The molecule has 0 aliphatic carbocycles. The Labute approximate surface area is 173 Å². The maximum absolute atomic E-state index is 12.5. The summed E-state index contributed by atoms with van der Waals surface area (Å²) in [5.74, 6) is -0.291. The largest absolute Gasteiger partial charge is 0.449 e. The van der Waals surface area contributed by atoms with Crippen LogP contribution < -0.4 is 10.6 Å². The number of imide groups is 1. The van der Waals surface area contributed by atoms with Crippen molar-refractivity contribution in [2.75, 3.05) is 0 Å². The van der Waals surface area contributed by atoms with Crippen LogP contribution in [0.2, 0.25) is 0 Å². The minimum atomic E-state index is -1.16. The van der Waals surface area contributed by atoms with E-state index in [0.29, 0.717) is 16.5 Å². The number of esters is 1. The fourth-order valence-corrected chi connectivity index (χ4v) is 3.02. The zero-order chi connectivity index (χ0) is 21.6. The molecular formula is C19H24N4O5S. The average Bonchev–Trinajstić information content (AvgIpc) is 3.03. The first-order valence-corrected chi connectivity index (χ1v) is 9.87. The van der Waals surface area contributed by atoms with E-state index in [-0.39, 0.29) is 5.56 Å². The van der Waals surface area contributed by atoms with Crippen molar-refractivity contribution < 1.29 is 23.6 Å². The number of carbonyl (C=O) groups is 3. The quantitative estimate of drug-likeness (QED) is 0.540. The lowest BCUT2D eigenvalue weighted by Gasteiger charge is -2.21. The molecule has 0 aliphatic rings. The van der Waals surface area contributed by atoms with Gasteiger partial charge in [-0.2, -0.15) is 0 Å². The highest BCUT2D eigenvalue weighted by atomic mass is 32.2. The van der Waals surface area contributed by atoms with Crippen molar-refractivity contribution in [1.82, 2.24) is 20.8 Å². The molecule has 0 aliphatic heterocycles. The summed E-state index contributed by atoms with van der Waals surface area (Å²) in [7, 11) is 0. The monoisotopic (exact) mass is 420 g/mol. The molecule has 3 amide bonds. The molecule has 0 bridgehead atoms. The Kier molecular flexibility index (Phi) is 7.38. The van der Waals surface area contributed by atoms with Crippen molar-refractivity contribution in [1.29, 1.82) is 0 Å². The molecule has 2 heterocycles. The summed E-state index contributed by atoms with van der Waals surface area (Å²) in [5, 5.41) is 9.09. The number of carbonyl (C=O) groups excluding carboxylic acids is 3. The molecular weight excluding hydrogens is 396 g/mol. The lowest BCUT2D eigenvalue weighted by Crippen LogP contribution is -2.50. The number of amides is 3. The molecule has 2 rings (SSSR count). The summed E-state index contributed by atoms with van der Waals surface area (Å²) in [6.07, 6.45) is 0.393. The number of nitrogens with zero attached hydrogens (tertiary/aromatic N) is 2. The van der Waals surface area contributed by atoms with Crippen LogP contribution in [-0.2, 0) is 15.3 Å². The summed E-state index contributed by atoms with van der Waals surface area (Å²) in [6.45, 7) is 8.52. The average molecular weight is 420 g/mol. The third-order valence-corrected chi connectivity index (χ3v) is 4.44. The number of nitrogens with one attached hydrogen (secondary N) is 2. The maximum Gasteiger partial charge on any atom is 0.341 e. The smallest absolute Gasteiger partial charge is 0.341 e. The normalized spacial score (nSPS) is 12.2. The molecule has 0 unspecified atom stereocenters. The first-order valence-electron chi connectivity index (χ1n) is 8.89. The molecule has 0 radical (unpaired) electrons. The second-order valence-electron chi connectivity index (χ2n) is 7.31. The standard InChI is InChI=1S/C19H24N4O5S/c1-11-9-13(23-28-11)10-29-16-14(7-6-8-20-16)17(25)27-12(2)15(24)21-18(26)22-19(3,4)5/h6-9,12H,10H2,1-5H3,(H2,21,22,24,26)/t12-/m0/s1. The Balaban J connectivity index is 1.97. The predicted molar refractivity (Wildman–Crippen MR) is 106 cm³/mol. The topological polar surface area (TPSA) is 123 Å². The molecule has 29 heavy (non-hydrogen) atoms. The number of aryl methyl sites for hydroxylation is 1. The second-order valence-corrected chi connectivity index (χ2v) is 8.28. The van der Waals surface area contributed by atoms with Crippen molar-refractivity contribution in [2.24, 2.45) is 0 Å². The molecule has 0 spiro atoms. The predicted octanol–water partition coefficient (Wildman–Crippen LogP) is 2.84. The van der Waals surface area contributed by atoms with Gasteiger partial charge in [-0.25, -0.2) is 14.6 Å². The maximum atomic E-state index is 12.5. The lowest BCUT2D eigenvalue weighted by molar-refractivity contribution is -0.127. The van der Waals surface area contributed by atoms with E-state index >= 15 is 0 Å². The summed E-state index contributed by atoms with van der Waals surface area (Å²) in [4.78, 5) is 40.6. The Morgan fingerprint density at radius 2 is 2.03 bits per heavy atom. The van der Waals surface area contributed by atoms with Crippen molar-refractivity contribution in [3.8, 4) is 0 Å². The number of aromatic nitrogens is 2. The van der Waals surface area contributed by atoms with Crippen LogP contribution in [0, 0.1) is 6.92 Å². The van der Waals surface area contributed by atoms with E-state index in [1.807, 2.05) is 0 Å². The summed E-state index contributed by atoms with van der Waals surface area (Å²) in [6, 6.07) is 4.29. The van der Waals surface area contributed by atoms with Gasteiger partial charge in [0.15, 0.2) is 6.10 Å². The number of ether oxygens (including phenoxy) is 1. The first-order chi connectivity index (χ1) is 13.5. The first kappa shape index (κ1) is 22.4. The van der Waals surface area contributed by atoms with Crippen molar-refractivity contribution in [2.45, 2.75) is 57.0 Å². The van der Waals surface area contributed by atoms with Gasteiger partial charge in [0.25, 0.3) is 5.91 Å². The Bertz CT molecular complexity index is 891. The second kappa shape index (κ2) is 9.55. The van der Waals surface area contributed by atoms with Crippen LogP contribution >= 0.6 is 11.8 Å². The molecule has 0 saturated carbocycles. The van der Waals surface area contributed by atoms with Crippen molar-refractivity contribution in [3.05, 3.63) is 41.4 Å². The molecule has 0 aromatic carbocycles. The Hall–Kier alpha value is -2.88. The molecule has 2 N–H and O–H groups in total. The fraction of sp³-hybridized carbons (Fsp3) is 0.421. The molecule has 10 heteroatoms. The number of urea groups is 1. The highest BCUT2D eigenvalue weighted by Crippen LogP contribution is 2.24. The van der Waals surface area contributed by atoms with Gasteiger partial charge in [-0.3, -0.25) is 10.1 Å². The molecule has 0 saturated heterocycles. The van der Waals surface area contributed by atoms with E-state index in [1.54, 1.807) is 52.1 Å². The van der Waals surface area contributed by atoms with Gasteiger partial charge in [0, 0.05) is 23.6 Å². The van der Waals surface area contributed by atoms with Crippen LogP contribution in [0.15, 0.2) is 33.9 Å². The molecule has 156 valence electrons. The van der Waals surface area contributed by atoms with Gasteiger partial charge in [0.1, 0.15) is 10.8 Å². The Morgan fingerprint density at radius 1 is 1.31 bits per heavy atom. The van der Waals surface area contributed by atoms with Gasteiger partial charge >= 0.3 is 12.0 Å². The minimum absolute atomic E-state index is 0.219. The van der Waals surface area contributed by atoms with E-state index in [2.05, 4.69) is 20.8 Å². The van der Waals surface area contributed by atoms with Crippen molar-refractivity contribution in [3.63, 3.8) is 0 Å². The molecule has 2 aromatic rings. The minimum Gasteiger partial charge on any atom is -0.449 e. The SMILES string of the molecule is Cc1cc(CSc2ncccc2C(=O)O[C@@H](C)C(=O)NC(=O)NC(C)(C)C)no1. The van der Waals surface area contributed by atoms with E-state index in [9.17, 15) is 14.4 Å². The fourth-order valence-electron chi connectivity index (χ4n) is 2.15. The van der Waals surface area contributed by atoms with Gasteiger partial charge < -0.3 is 14.6 Å². The van der Waals surface area contributed by atoms with Crippen LogP contribution in [-0.4, -0.2) is 39.7 Å². The molecule has 0 fully saturated rings. The molecule has 9 nitrogen and oxygen atoms in total. The molecule has 2 aromatic heterocycles. The van der Waals surface area contributed by atoms with Crippen molar-refractivity contribution >= 4 is 29.7 Å². The number of rotatable bonds is 6. The van der Waals surface area contributed by atoms with Gasteiger partial charge in [-0.1, -0.05) is 16.9 Å². The molecule has 1 atom stereocenters. The van der Waals surface area contributed by atoms with Gasteiger partial charge in [-0.05, 0) is 46.8 Å². The number of hydrogen-bond acceptors (Lipinski definition) is 8. The highest BCUT2D eigenvalue weighted by Gasteiger charge is 2.24. The van der Waals surface area contributed by atoms with E-state index < -0.39 is 29.6 Å². The van der Waals surface area contributed by atoms with Crippen LogP contribution in [0.3, 0.4) is 0 Å². The highest BCUT2D eigenvalue weighted by molar-refractivity contribution is 7.98. The van der Waals surface area contributed by atoms with Crippen LogP contribution in [0.4, 0.5) is 4.79 Å². The van der Waals surface area contributed by atoms with E-state index in [1.165, 1.54) is 18.7 Å². The zero-order valence-corrected chi connectivity index (χ0v) is 17.8. The number of thioether (sulfide) groups is 1. The summed E-state index contributed by atoms with van der Waals surface area (Å²) in [5.41, 5.74) is 0.431. The summed E-state index contributed by atoms with van der Waals surface area (Å²) >= 11 is 1.30. The van der Waals surface area contributed by atoms with Gasteiger partial charge in [0.05, 0.1) is 11.3 Å². The third-order valence-electron chi connectivity index (χ3n) is 3.40. The van der Waals surface area contributed by atoms with Crippen LogP contribution in [0.1, 0.15) is 49.5 Å². The number of hydrogen-bond donors (Lipinski definition) is 2. The van der Waals surface area contributed by atoms with E-state index in [4.69, 9.17) is 9.26 Å². The summed E-state index contributed by atoms with van der Waals surface area (Å²) < 4.78 is 10.2. The van der Waals surface area contributed by atoms with Crippen LogP contribution in [0.5, 0.6) is 0 Å². The Morgan fingerprint density at radius 3 is 2.66 bits per heavy atom. The number of pyridine rings is 1. The third kappa shape index (κ3) is 7.22. The van der Waals surface area contributed by atoms with Gasteiger partial charge in [0.2, 0.25) is 0 Å². The zero-order valence-electron chi connectivity index (χ0n) is 16.9. The van der Waals surface area contributed by atoms with Gasteiger partial charge in [-0.15, -0.1) is 0 Å². The lowest BCUT2D eigenvalue weighted by atomic mass is 10.1. The van der Waals surface area contributed by atoms with Crippen LogP contribution in [0.25, 0.3) is 0 Å².